The second-order valence-electron chi connectivity index (χ2n) is 4.82. The second kappa shape index (κ2) is 6.05. The molecule has 1 atom stereocenters. The van der Waals surface area contributed by atoms with E-state index in [0.717, 1.165) is 10.4 Å². The third-order valence-corrected chi connectivity index (χ3v) is 5.31. The Labute approximate surface area is 123 Å². The van der Waals surface area contributed by atoms with Crippen molar-refractivity contribution in [3.8, 4) is 0 Å². The standard InChI is InChI=1S/C14H17NO3S2/c1-14(16,13-8-5-9-19-13)11-15-20(17,18)10-12-6-3-2-4-7-12/h2-9,15-16H,10-11H2,1H3. The topological polar surface area (TPSA) is 66.4 Å². The Morgan fingerprint density at radius 1 is 1.20 bits per heavy atom. The van der Waals surface area contributed by atoms with Gasteiger partial charge in [0.1, 0.15) is 5.60 Å². The largest absolute Gasteiger partial charge is 0.383 e. The molecule has 0 fully saturated rings. The van der Waals surface area contributed by atoms with Gasteiger partial charge in [-0.05, 0) is 23.9 Å². The van der Waals surface area contributed by atoms with E-state index in [1.807, 2.05) is 17.5 Å². The first-order valence-corrected chi connectivity index (χ1v) is 8.70. The average molecular weight is 311 g/mol. The van der Waals surface area contributed by atoms with Crippen molar-refractivity contribution in [2.75, 3.05) is 6.54 Å². The summed E-state index contributed by atoms with van der Waals surface area (Å²) in [6.45, 7) is 1.56. The normalized spacial score (nSPS) is 14.9. The van der Waals surface area contributed by atoms with Crippen molar-refractivity contribution >= 4 is 21.4 Å². The van der Waals surface area contributed by atoms with E-state index >= 15 is 0 Å². The van der Waals surface area contributed by atoms with Gasteiger partial charge in [0.25, 0.3) is 0 Å². The molecule has 1 heterocycles. The highest BCUT2D eigenvalue weighted by Crippen LogP contribution is 2.24. The van der Waals surface area contributed by atoms with Gasteiger partial charge >= 0.3 is 0 Å². The van der Waals surface area contributed by atoms with Gasteiger partial charge in [-0.25, -0.2) is 13.1 Å². The molecule has 1 aromatic heterocycles. The molecule has 1 unspecified atom stereocenters. The van der Waals surface area contributed by atoms with Gasteiger partial charge < -0.3 is 5.11 Å². The van der Waals surface area contributed by atoms with Gasteiger partial charge in [0.15, 0.2) is 0 Å². The maximum Gasteiger partial charge on any atom is 0.215 e. The van der Waals surface area contributed by atoms with Gasteiger partial charge in [0.05, 0.1) is 5.75 Å². The van der Waals surface area contributed by atoms with E-state index in [1.165, 1.54) is 11.3 Å². The van der Waals surface area contributed by atoms with Gasteiger partial charge in [-0.15, -0.1) is 11.3 Å². The SMILES string of the molecule is CC(O)(CNS(=O)(=O)Cc1ccccc1)c1cccs1. The number of hydrogen-bond donors (Lipinski definition) is 2. The lowest BCUT2D eigenvalue weighted by Crippen LogP contribution is -2.38. The monoisotopic (exact) mass is 311 g/mol. The number of nitrogens with one attached hydrogen (secondary N) is 1. The van der Waals surface area contributed by atoms with Crippen LogP contribution >= 0.6 is 11.3 Å². The van der Waals surface area contributed by atoms with Gasteiger partial charge in [0.2, 0.25) is 10.0 Å². The number of thiophene rings is 1. The first kappa shape index (κ1) is 15.2. The van der Waals surface area contributed by atoms with Gasteiger partial charge in [-0.3, -0.25) is 0 Å². The van der Waals surface area contributed by atoms with Gasteiger partial charge in [-0.1, -0.05) is 36.4 Å². The second-order valence-corrected chi connectivity index (χ2v) is 7.57. The molecule has 20 heavy (non-hydrogen) atoms. The molecular weight excluding hydrogens is 294 g/mol. The summed E-state index contributed by atoms with van der Waals surface area (Å²) in [4.78, 5) is 0.736. The predicted octanol–water partition coefficient (Wildman–Crippen LogP) is 2.08. The molecule has 0 aliphatic heterocycles. The molecule has 0 bridgehead atoms. The Kier molecular flexibility index (Phi) is 4.59. The maximum atomic E-state index is 12.0. The fraction of sp³-hybridized carbons (Fsp3) is 0.286. The van der Waals surface area contributed by atoms with Crippen LogP contribution in [0.2, 0.25) is 0 Å². The number of rotatable bonds is 6. The molecule has 0 amide bonds. The Hall–Kier alpha value is -1.21. The molecule has 0 saturated carbocycles. The Balaban J connectivity index is 1.99. The Morgan fingerprint density at radius 2 is 1.90 bits per heavy atom. The lowest BCUT2D eigenvalue weighted by molar-refractivity contribution is 0.0666. The molecule has 1 aromatic carbocycles. The molecule has 0 radical (unpaired) electrons. The fourth-order valence-corrected chi connectivity index (χ4v) is 3.79. The van der Waals surface area contributed by atoms with Crippen molar-refractivity contribution in [1.82, 2.24) is 4.72 Å². The molecule has 2 rings (SSSR count). The zero-order valence-electron chi connectivity index (χ0n) is 11.1. The summed E-state index contributed by atoms with van der Waals surface area (Å²) in [6, 6.07) is 12.6. The van der Waals surface area contributed by atoms with Crippen LogP contribution in [0.3, 0.4) is 0 Å². The molecule has 0 spiro atoms. The van der Waals surface area contributed by atoms with Crippen LogP contribution in [-0.2, 0) is 21.4 Å². The first-order valence-electron chi connectivity index (χ1n) is 6.17. The van der Waals surface area contributed by atoms with Crippen LogP contribution in [0.25, 0.3) is 0 Å². The van der Waals surface area contributed by atoms with Crippen molar-refractivity contribution in [3.63, 3.8) is 0 Å². The van der Waals surface area contributed by atoms with Crippen LogP contribution in [0.4, 0.5) is 0 Å². The summed E-state index contributed by atoms with van der Waals surface area (Å²) in [6.07, 6.45) is 0. The molecule has 4 nitrogen and oxygen atoms in total. The summed E-state index contributed by atoms with van der Waals surface area (Å²) in [7, 11) is -3.46. The van der Waals surface area contributed by atoms with Crippen molar-refractivity contribution in [3.05, 3.63) is 58.3 Å². The van der Waals surface area contributed by atoms with E-state index in [4.69, 9.17) is 0 Å². The third kappa shape index (κ3) is 4.14. The molecule has 6 heteroatoms. The first-order chi connectivity index (χ1) is 9.39. The lowest BCUT2D eigenvalue weighted by atomic mass is 10.1. The smallest absolute Gasteiger partial charge is 0.215 e. The predicted molar refractivity (Wildman–Crippen MR) is 81.0 cm³/mol. The van der Waals surface area contributed by atoms with Crippen LogP contribution < -0.4 is 4.72 Å². The van der Waals surface area contributed by atoms with Crippen LogP contribution in [0.5, 0.6) is 0 Å². The highest BCUT2D eigenvalue weighted by Gasteiger charge is 2.26. The maximum absolute atomic E-state index is 12.0. The summed E-state index contributed by atoms with van der Waals surface area (Å²) < 4.78 is 26.5. The zero-order valence-corrected chi connectivity index (χ0v) is 12.7. The number of aliphatic hydroxyl groups is 1. The molecule has 0 aliphatic carbocycles. The van der Waals surface area contributed by atoms with E-state index in [1.54, 1.807) is 37.3 Å². The molecule has 0 aliphatic rings. The molecule has 2 N–H and O–H groups in total. The van der Waals surface area contributed by atoms with E-state index in [0.29, 0.717) is 0 Å². The van der Waals surface area contributed by atoms with Crippen LogP contribution in [0, 0.1) is 0 Å². The summed E-state index contributed by atoms with van der Waals surface area (Å²) in [5, 5.41) is 12.1. The number of hydrogen-bond acceptors (Lipinski definition) is 4. The highest BCUT2D eigenvalue weighted by molar-refractivity contribution is 7.88. The number of sulfonamides is 1. The van der Waals surface area contributed by atoms with Gasteiger partial charge in [-0.2, -0.15) is 0 Å². The quantitative estimate of drug-likeness (QED) is 0.858. The highest BCUT2D eigenvalue weighted by atomic mass is 32.2. The summed E-state index contributed by atoms with van der Waals surface area (Å²) >= 11 is 1.40. The van der Waals surface area contributed by atoms with Crippen molar-refractivity contribution in [2.45, 2.75) is 18.3 Å². The number of benzene rings is 1. The Morgan fingerprint density at radius 3 is 2.50 bits per heavy atom. The fourth-order valence-electron chi connectivity index (χ4n) is 1.77. The molecule has 108 valence electrons. The van der Waals surface area contributed by atoms with Crippen molar-refractivity contribution in [2.24, 2.45) is 0 Å². The minimum Gasteiger partial charge on any atom is -0.383 e. The molecule has 0 saturated heterocycles. The minimum absolute atomic E-state index is 0.0390. The lowest BCUT2D eigenvalue weighted by Gasteiger charge is -2.22. The van der Waals surface area contributed by atoms with E-state index in [9.17, 15) is 13.5 Å². The van der Waals surface area contributed by atoms with Crippen molar-refractivity contribution < 1.29 is 13.5 Å². The van der Waals surface area contributed by atoms with Crippen LogP contribution in [0.15, 0.2) is 47.8 Å². The van der Waals surface area contributed by atoms with Gasteiger partial charge in [0, 0.05) is 11.4 Å². The van der Waals surface area contributed by atoms with Crippen molar-refractivity contribution in [1.29, 1.82) is 0 Å². The van der Waals surface area contributed by atoms with E-state index in [2.05, 4.69) is 4.72 Å². The van der Waals surface area contributed by atoms with Crippen LogP contribution in [-0.4, -0.2) is 20.1 Å². The zero-order chi connectivity index (χ0) is 14.6. The van der Waals surface area contributed by atoms with E-state index < -0.39 is 15.6 Å². The summed E-state index contributed by atoms with van der Waals surface area (Å²) in [5.41, 5.74) is -0.478. The van der Waals surface area contributed by atoms with Crippen LogP contribution in [0.1, 0.15) is 17.4 Å². The molecule has 2 aromatic rings. The Bertz CT molecular complexity index is 634. The van der Waals surface area contributed by atoms with E-state index in [-0.39, 0.29) is 12.3 Å². The molecular formula is C14H17NO3S2. The average Bonchev–Trinajstić information content (AvgIpc) is 2.92. The third-order valence-electron chi connectivity index (χ3n) is 2.89. The minimum atomic E-state index is -3.46. The summed E-state index contributed by atoms with van der Waals surface area (Å²) in [5.74, 6) is -0.0889.